The van der Waals surface area contributed by atoms with Gasteiger partial charge in [-0.1, -0.05) is 30.0 Å². The van der Waals surface area contributed by atoms with Crippen LogP contribution in [0.4, 0.5) is 0 Å². The highest BCUT2D eigenvalue weighted by Crippen LogP contribution is 2.32. The number of fused-ring (bicyclic) bond motifs is 1. The van der Waals surface area contributed by atoms with Crippen LogP contribution in [0.15, 0.2) is 66.1 Å². The second-order valence-electron chi connectivity index (χ2n) is 8.29. The van der Waals surface area contributed by atoms with E-state index in [0.717, 1.165) is 34.3 Å². The molecule has 1 aliphatic rings. The highest BCUT2D eigenvalue weighted by Gasteiger charge is 2.24. The minimum absolute atomic E-state index is 0.0423. The van der Waals surface area contributed by atoms with Crippen LogP contribution in [0.5, 0.6) is 17.2 Å². The largest absolute Gasteiger partial charge is 0.497 e. The van der Waals surface area contributed by atoms with Crippen LogP contribution in [0.25, 0.3) is 5.69 Å². The third-order valence-electron chi connectivity index (χ3n) is 6.01. The van der Waals surface area contributed by atoms with Gasteiger partial charge in [-0.2, -0.15) is 0 Å². The van der Waals surface area contributed by atoms with Crippen molar-refractivity contribution < 1.29 is 19.0 Å². The van der Waals surface area contributed by atoms with Crippen LogP contribution in [0.1, 0.15) is 21.7 Å². The van der Waals surface area contributed by atoms with Gasteiger partial charge in [-0.25, -0.2) is 0 Å². The maximum atomic E-state index is 13.2. The van der Waals surface area contributed by atoms with Gasteiger partial charge in [0.2, 0.25) is 0 Å². The molecule has 0 spiro atoms. The molecule has 1 unspecified atom stereocenters. The molecule has 0 aliphatic carbocycles. The van der Waals surface area contributed by atoms with Crippen LogP contribution in [0, 0.1) is 13.8 Å². The third-order valence-corrected chi connectivity index (χ3v) is 6.95. The topological polar surface area (TPSA) is 80.4 Å². The summed E-state index contributed by atoms with van der Waals surface area (Å²) in [7, 11) is 1.63. The van der Waals surface area contributed by atoms with Crippen LogP contribution in [0.2, 0.25) is 0 Å². The Hall–Kier alpha value is -3.72. The standard InChI is InChI=1S/C26H26N4O4S/c1-17-11-22(18(2)29(17)13-21-14-33-24-9-4-5-10-25(24)34-21)23(31)15-35-26-28-27-16-30(26)19-7-6-8-20(12-19)32-3/h4-12,16,21H,13-15H2,1-3H3. The van der Waals surface area contributed by atoms with Gasteiger partial charge in [0, 0.05) is 23.0 Å². The van der Waals surface area contributed by atoms with Gasteiger partial charge in [0.15, 0.2) is 28.5 Å². The Morgan fingerprint density at radius 1 is 1.14 bits per heavy atom. The molecule has 180 valence electrons. The van der Waals surface area contributed by atoms with Crippen LogP contribution in [-0.2, 0) is 6.54 Å². The first kappa shape index (κ1) is 23.0. The number of para-hydroxylation sites is 2. The summed E-state index contributed by atoms with van der Waals surface area (Å²) in [6.45, 7) is 5.05. The molecule has 8 nitrogen and oxygen atoms in total. The molecule has 0 fully saturated rings. The Morgan fingerprint density at radius 2 is 1.97 bits per heavy atom. The monoisotopic (exact) mass is 490 g/mol. The van der Waals surface area contributed by atoms with Crippen LogP contribution in [0.3, 0.4) is 0 Å². The second-order valence-corrected chi connectivity index (χ2v) is 9.23. The number of carbonyl (C=O) groups excluding carboxylic acids is 1. The number of ketones is 1. The average Bonchev–Trinajstić information content (AvgIpc) is 3.47. The van der Waals surface area contributed by atoms with E-state index in [2.05, 4.69) is 14.8 Å². The summed E-state index contributed by atoms with van der Waals surface area (Å²) in [5, 5.41) is 8.88. The summed E-state index contributed by atoms with van der Waals surface area (Å²) in [6, 6.07) is 17.2. The van der Waals surface area contributed by atoms with Crippen molar-refractivity contribution >= 4 is 17.5 Å². The molecule has 1 atom stereocenters. The zero-order valence-electron chi connectivity index (χ0n) is 19.8. The maximum absolute atomic E-state index is 13.2. The minimum Gasteiger partial charge on any atom is -0.497 e. The van der Waals surface area contributed by atoms with E-state index in [9.17, 15) is 4.79 Å². The summed E-state index contributed by atoms with van der Waals surface area (Å²) >= 11 is 1.36. The lowest BCUT2D eigenvalue weighted by Crippen LogP contribution is -2.33. The third kappa shape index (κ3) is 4.77. The summed E-state index contributed by atoms with van der Waals surface area (Å²) in [6.07, 6.45) is 1.51. The second kappa shape index (κ2) is 9.87. The number of Topliss-reactive ketones (excluding diaryl/α,β-unsaturated/α-hetero) is 1. The van der Waals surface area contributed by atoms with Crippen molar-refractivity contribution in [3.8, 4) is 22.9 Å². The first-order valence-corrected chi connectivity index (χ1v) is 12.3. The summed E-state index contributed by atoms with van der Waals surface area (Å²) in [4.78, 5) is 13.2. The number of ether oxygens (including phenoxy) is 3. The first-order chi connectivity index (χ1) is 17.0. The number of aromatic nitrogens is 4. The molecule has 1 aliphatic heterocycles. The van der Waals surface area contributed by atoms with E-state index in [1.807, 2.05) is 73.0 Å². The highest BCUT2D eigenvalue weighted by molar-refractivity contribution is 7.99. The van der Waals surface area contributed by atoms with Crippen molar-refractivity contribution in [3.63, 3.8) is 0 Å². The van der Waals surface area contributed by atoms with Crippen molar-refractivity contribution in [2.24, 2.45) is 0 Å². The van der Waals surface area contributed by atoms with Gasteiger partial charge in [0.1, 0.15) is 18.7 Å². The van der Waals surface area contributed by atoms with Crippen molar-refractivity contribution in [1.29, 1.82) is 0 Å². The number of aryl methyl sites for hydroxylation is 1. The molecule has 35 heavy (non-hydrogen) atoms. The van der Waals surface area contributed by atoms with E-state index < -0.39 is 0 Å². The molecule has 3 heterocycles. The SMILES string of the molecule is COc1cccc(-n2cnnc2SCC(=O)c2cc(C)n(CC3COc4ccccc4O3)c2C)c1. The van der Waals surface area contributed by atoms with Crippen molar-refractivity contribution in [1.82, 2.24) is 19.3 Å². The number of hydrogen-bond donors (Lipinski definition) is 0. The quantitative estimate of drug-likeness (QED) is 0.266. The van der Waals surface area contributed by atoms with Gasteiger partial charge in [0.25, 0.3) is 0 Å². The molecule has 0 saturated heterocycles. The van der Waals surface area contributed by atoms with Crippen LogP contribution < -0.4 is 14.2 Å². The molecule has 0 radical (unpaired) electrons. The zero-order chi connectivity index (χ0) is 24.4. The van der Waals surface area contributed by atoms with Gasteiger partial charge in [0.05, 0.1) is 25.1 Å². The van der Waals surface area contributed by atoms with E-state index in [-0.39, 0.29) is 17.6 Å². The van der Waals surface area contributed by atoms with Crippen LogP contribution in [-0.4, -0.2) is 50.7 Å². The van der Waals surface area contributed by atoms with E-state index >= 15 is 0 Å². The van der Waals surface area contributed by atoms with Gasteiger partial charge >= 0.3 is 0 Å². The smallest absolute Gasteiger partial charge is 0.196 e. The molecule has 0 bridgehead atoms. The number of nitrogens with zero attached hydrogens (tertiary/aromatic N) is 4. The number of hydrogen-bond acceptors (Lipinski definition) is 7. The predicted molar refractivity (Wildman–Crippen MR) is 133 cm³/mol. The lowest BCUT2D eigenvalue weighted by Gasteiger charge is -2.27. The average molecular weight is 491 g/mol. The minimum atomic E-state index is -0.131. The van der Waals surface area contributed by atoms with Gasteiger partial charge in [-0.05, 0) is 44.2 Å². The molecule has 9 heteroatoms. The zero-order valence-corrected chi connectivity index (χ0v) is 20.6. The molecule has 0 saturated carbocycles. The maximum Gasteiger partial charge on any atom is 0.196 e. The van der Waals surface area contributed by atoms with Gasteiger partial charge in [-0.15, -0.1) is 10.2 Å². The van der Waals surface area contributed by atoms with Crippen molar-refractivity contribution in [3.05, 3.63) is 77.9 Å². The fraction of sp³-hybridized carbons (Fsp3) is 0.269. The molecule has 0 N–H and O–H groups in total. The molecule has 0 amide bonds. The lowest BCUT2D eigenvalue weighted by atomic mass is 10.2. The van der Waals surface area contributed by atoms with E-state index in [1.54, 1.807) is 13.4 Å². The van der Waals surface area contributed by atoms with E-state index in [1.165, 1.54) is 11.8 Å². The normalized spacial score (nSPS) is 14.7. The van der Waals surface area contributed by atoms with E-state index in [4.69, 9.17) is 14.2 Å². The number of thioether (sulfide) groups is 1. The number of methoxy groups -OCH3 is 1. The molecular formula is C26H26N4O4S. The van der Waals surface area contributed by atoms with Gasteiger partial charge in [-0.3, -0.25) is 9.36 Å². The lowest BCUT2D eigenvalue weighted by molar-refractivity contribution is 0.0777. The van der Waals surface area contributed by atoms with Gasteiger partial charge < -0.3 is 18.8 Å². The van der Waals surface area contributed by atoms with Crippen molar-refractivity contribution in [2.75, 3.05) is 19.5 Å². The first-order valence-electron chi connectivity index (χ1n) is 11.3. The molecule has 4 aromatic rings. The Bertz CT molecular complexity index is 1360. The summed E-state index contributed by atoms with van der Waals surface area (Å²) < 4.78 is 21.3. The summed E-state index contributed by atoms with van der Waals surface area (Å²) in [5.41, 5.74) is 3.51. The molecule has 5 rings (SSSR count). The fourth-order valence-electron chi connectivity index (χ4n) is 4.19. The van der Waals surface area contributed by atoms with Crippen molar-refractivity contribution in [2.45, 2.75) is 31.7 Å². The molecule has 2 aromatic carbocycles. The Kier molecular flexibility index (Phi) is 6.50. The molecular weight excluding hydrogens is 464 g/mol. The fourth-order valence-corrected chi connectivity index (χ4v) is 5.00. The Labute approximate surface area is 207 Å². The number of benzene rings is 2. The highest BCUT2D eigenvalue weighted by atomic mass is 32.2. The number of rotatable bonds is 8. The number of carbonyl (C=O) groups is 1. The molecule has 2 aromatic heterocycles. The Balaban J connectivity index is 1.27. The summed E-state index contributed by atoms with van der Waals surface area (Å²) in [5.74, 6) is 2.55. The predicted octanol–water partition coefficient (Wildman–Crippen LogP) is 4.51. The Morgan fingerprint density at radius 3 is 2.80 bits per heavy atom. The van der Waals surface area contributed by atoms with Crippen LogP contribution >= 0.6 is 11.8 Å². The van der Waals surface area contributed by atoms with E-state index in [0.29, 0.717) is 23.9 Å².